The van der Waals surface area contributed by atoms with E-state index < -0.39 is 17.6 Å². The fourth-order valence-corrected chi connectivity index (χ4v) is 3.51. The number of thiazole rings is 1. The molecule has 8 heteroatoms. The van der Waals surface area contributed by atoms with E-state index in [0.29, 0.717) is 5.02 Å². The summed E-state index contributed by atoms with van der Waals surface area (Å²) in [6.07, 6.45) is -4.42. The summed E-state index contributed by atoms with van der Waals surface area (Å²) < 4.78 is 37.8. The van der Waals surface area contributed by atoms with E-state index in [-0.39, 0.29) is 12.1 Å². The van der Waals surface area contributed by atoms with E-state index in [1.807, 2.05) is 19.1 Å². The van der Waals surface area contributed by atoms with Gasteiger partial charge in [-0.1, -0.05) is 23.7 Å². The number of aryl methyl sites for hydroxylation is 1. The standard InChI is InChI=1S/C19H14ClF3N2OS/c1-11-16(27-18(25-11)13-4-8-15(20)9-5-13)10-24-17(26)12-2-6-14(7-3-12)19(21,22)23/h2-9H,10H2,1H3,(H,24,26). The lowest BCUT2D eigenvalue weighted by molar-refractivity contribution is -0.137. The van der Waals surface area contributed by atoms with E-state index in [0.717, 1.165) is 45.4 Å². The molecule has 0 aliphatic heterocycles. The maximum Gasteiger partial charge on any atom is 0.416 e. The molecule has 0 saturated carbocycles. The Labute approximate surface area is 162 Å². The predicted molar refractivity (Wildman–Crippen MR) is 99.9 cm³/mol. The maximum atomic E-state index is 12.6. The lowest BCUT2D eigenvalue weighted by Gasteiger charge is -2.08. The second-order valence-corrected chi connectivity index (χ2v) is 7.31. The highest BCUT2D eigenvalue weighted by Crippen LogP contribution is 2.30. The van der Waals surface area contributed by atoms with Crippen LogP contribution in [0.5, 0.6) is 0 Å². The molecule has 140 valence electrons. The second-order valence-electron chi connectivity index (χ2n) is 5.79. The third kappa shape index (κ3) is 4.67. The molecule has 0 spiro atoms. The molecular formula is C19H14ClF3N2OS. The highest BCUT2D eigenvalue weighted by atomic mass is 35.5. The lowest BCUT2D eigenvalue weighted by Crippen LogP contribution is -2.22. The number of benzene rings is 2. The summed E-state index contributed by atoms with van der Waals surface area (Å²) in [4.78, 5) is 17.6. The highest BCUT2D eigenvalue weighted by Gasteiger charge is 2.30. The van der Waals surface area contributed by atoms with Crippen LogP contribution >= 0.6 is 22.9 Å². The minimum Gasteiger partial charge on any atom is -0.347 e. The molecule has 3 rings (SSSR count). The molecule has 1 heterocycles. The summed E-state index contributed by atoms with van der Waals surface area (Å²) >= 11 is 7.33. The minimum absolute atomic E-state index is 0.170. The predicted octanol–water partition coefficient (Wildman–Crippen LogP) is 5.72. The van der Waals surface area contributed by atoms with E-state index in [1.54, 1.807) is 12.1 Å². The quantitative estimate of drug-likeness (QED) is 0.597. The molecule has 3 nitrogen and oxygen atoms in total. The van der Waals surface area contributed by atoms with Crippen LogP contribution in [0.3, 0.4) is 0 Å². The van der Waals surface area contributed by atoms with Crippen LogP contribution in [0.15, 0.2) is 48.5 Å². The Morgan fingerprint density at radius 3 is 2.33 bits per heavy atom. The highest BCUT2D eigenvalue weighted by molar-refractivity contribution is 7.15. The van der Waals surface area contributed by atoms with Crippen LogP contribution in [0.4, 0.5) is 13.2 Å². The molecule has 1 amide bonds. The molecule has 2 aromatic carbocycles. The Kier molecular flexibility index (Phi) is 5.53. The van der Waals surface area contributed by atoms with Crippen LogP contribution in [-0.2, 0) is 12.7 Å². The van der Waals surface area contributed by atoms with Crippen molar-refractivity contribution in [3.05, 3.63) is 75.3 Å². The van der Waals surface area contributed by atoms with E-state index in [2.05, 4.69) is 10.3 Å². The number of nitrogens with zero attached hydrogens (tertiary/aromatic N) is 1. The number of aromatic nitrogens is 1. The average molecular weight is 411 g/mol. The van der Waals surface area contributed by atoms with Crippen molar-refractivity contribution in [1.29, 1.82) is 0 Å². The zero-order chi connectivity index (χ0) is 19.6. The largest absolute Gasteiger partial charge is 0.416 e. The van der Waals surface area contributed by atoms with Crippen molar-refractivity contribution in [3.8, 4) is 10.6 Å². The first-order valence-electron chi connectivity index (χ1n) is 7.92. The molecular weight excluding hydrogens is 397 g/mol. The molecule has 0 aliphatic rings. The molecule has 0 atom stereocenters. The van der Waals surface area contributed by atoms with Gasteiger partial charge in [-0.15, -0.1) is 11.3 Å². The molecule has 1 N–H and O–H groups in total. The molecule has 0 radical (unpaired) electrons. The number of hydrogen-bond acceptors (Lipinski definition) is 3. The van der Waals surface area contributed by atoms with Gasteiger partial charge in [0.25, 0.3) is 5.91 Å². The third-order valence-corrected chi connectivity index (χ3v) is 5.33. The number of rotatable bonds is 4. The van der Waals surface area contributed by atoms with Crippen molar-refractivity contribution in [2.24, 2.45) is 0 Å². The first-order chi connectivity index (χ1) is 12.7. The van der Waals surface area contributed by atoms with Crippen LogP contribution in [0.2, 0.25) is 5.02 Å². The van der Waals surface area contributed by atoms with E-state index in [4.69, 9.17) is 11.6 Å². The van der Waals surface area contributed by atoms with Gasteiger partial charge in [0.1, 0.15) is 5.01 Å². The summed E-state index contributed by atoms with van der Waals surface area (Å²) in [6, 6.07) is 11.4. The van der Waals surface area contributed by atoms with Gasteiger partial charge in [-0.2, -0.15) is 13.2 Å². The third-order valence-electron chi connectivity index (χ3n) is 3.87. The SMILES string of the molecule is Cc1nc(-c2ccc(Cl)cc2)sc1CNC(=O)c1ccc(C(F)(F)F)cc1. The Hall–Kier alpha value is -2.38. The molecule has 0 unspecified atom stereocenters. The van der Waals surface area contributed by atoms with Gasteiger partial charge in [-0.3, -0.25) is 4.79 Å². The summed E-state index contributed by atoms with van der Waals surface area (Å²) in [5, 5.41) is 4.16. The molecule has 0 aliphatic carbocycles. The number of carbonyl (C=O) groups is 1. The number of nitrogens with one attached hydrogen (secondary N) is 1. The number of amides is 1. The van der Waals surface area contributed by atoms with Crippen LogP contribution in [0.25, 0.3) is 10.6 Å². The van der Waals surface area contributed by atoms with Gasteiger partial charge in [-0.05, 0) is 43.3 Å². The zero-order valence-corrected chi connectivity index (χ0v) is 15.7. The summed E-state index contributed by atoms with van der Waals surface area (Å²) in [6.45, 7) is 2.09. The van der Waals surface area contributed by atoms with Gasteiger partial charge in [0.15, 0.2) is 0 Å². The topological polar surface area (TPSA) is 42.0 Å². The number of carbonyl (C=O) groups excluding carboxylic acids is 1. The van der Waals surface area contributed by atoms with E-state index in [1.165, 1.54) is 11.3 Å². The van der Waals surface area contributed by atoms with Gasteiger partial charge in [0, 0.05) is 21.0 Å². The minimum atomic E-state index is -4.42. The second kappa shape index (κ2) is 7.70. The van der Waals surface area contributed by atoms with Crippen LogP contribution in [-0.4, -0.2) is 10.9 Å². The Balaban J connectivity index is 1.68. The molecule has 0 bridgehead atoms. The number of halogens is 4. The first kappa shape index (κ1) is 19.4. The Morgan fingerprint density at radius 2 is 1.74 bits per heavy atom. The summed E-state index contributed by atoms with van der Waals surface area (Å²) in [7, 11) is 0. The van der Waals surface area contributed by atoms with Gasteiger partial charge in [0.2, 0.25) is 0 Å². The normalized spacial score (nSPS) is 11.4. The molecule has 0 saturated heterocycles. The fourth-order valence-electron chi connectivity index (χ4n) is 2.38. The van der Waals surface area contributed by atoms with Crippen molar-refractivity contribution in [2.75, 3.05) is 0 Å². The Bertz CT molecular complexity index is 951. The lowest BCUT2D eigenvalue weighted by atomic mass is 10.1. The van der Waals surface area contributed by atoms with E-state index >= 15 is 0 Å². The van der Waals surface area contributed by atoms with Crippen LogP contribution in [0.1, 0.15) is 26.5 Å². The average Bonchev–Trinajstić information content (AvgIpc) is 3.00. The number of alkyl halides is 3. The molecule has 27 heavy (non-hydrogen) atoms. The molecule has 1 aromatic heterocycles. The van der Waals surface area contributed by atoms with Crippen LogP contribution < -0.4 is 5.32 Å². The zero-order valence-electron chi connectivity index (χ0n) is 14.1. The fraction of sp³-hybridized carbons (Fsp3) is 0.158. The molecule has 0 fully saturated rings. The van der Waals surface area contributed by atoms with E-state index in [9.17, 15) is 18.0 Å². The van der Waals surface area contributed by atoms with Crippen LogP contribution in [0, 0.1) is 6.92 Å². The van der Waals surface area contributed by atoms with Gasteiger partial charge in [0.05, 0.1) is 17.8 Å². The number of hydrogen-bond donors (Lipinski definition) is 1. The van der Waals surface area contributed by atoms with Gasteiger partial charge < -0.3 is 5.32 Å². The van der Waals surface area contributed by atoms with Crippen molar-refractivity contribution >= 4 is 28.8 Å². The Morgan fingerprint density at radius 1 is 1.11 bits per heavy atom. The molecule has 3 aromatic rings. The smallest absolute Gasteiger partial charge is 0.347 e. The summed E-state index contributed by atoms with van der Waals surface area (Å²) in [5.41, 5.74) is 1.10. The van der Waals surface area contributed by atoms with Gasteiger partial charge >= 0.3 is 6.18 Å². The maximum absolute atomic E-state index is 12.6. The summed E-state index contributed by atoms with van der Waals surface area (Å²) in [5.74, 6) is -0.440. The monoisotopic (exact) mass is 410 g/mol. The van der Waals surface area contributed by atoms with Crippen molar-refractivity contribution in [2.45, 2.75) is 19.6 Å². The van der Waals surface area contributed by atoms with Crippen molar-refractivity contribution in [3.63, 3.8) is 0 Å². The van der Waals surface area contributed by atoms with Crippen molar-refractivity contribution in [1.82, 2.24) is 10.3 Å². The van der Waals surface area contributed by atoms with Gasteiger partial charge in [-0.25, -0.2) is 4.98 Å². The van der Waals surface area contributed by atoms with Crippen molar-refractivity contribution < 1.29 is 18.0 Å². The first-order valence-corrected chi connectivity index (χ1v) is 9.11.